The van der Waals surface area contributed by atoms with Crippen molar-refractivity contribution in [1.29, 1.82) is 0 Å². The first-order valence-corrected chi connectivity index (χ1v) is 10.6. The summed E-state index contributed by atoms with van der Waals surface area (Å²) in [7, 11) is 0. The molecule has 2 rings (SSSR count). The molecule has 1 N–H and O–H groups in total. The van der Waals surface area contributed by atoms with Crippen molar-refractivity contribution in [3.63, 3.8) is 0 Å². The molecular weight excluding hydrogens is 396 g/mol. The van der Waals surface area contributed by atoms with Gasteiger partial charge in [-0.15, -0.1) is 0 Å². The number of aromatic hydroxyl groups is 1. The Morgan fingerprint density at radius 2 is 1.77 bits per heavy atom. The van der Waals surface area contributed by atoms with Crippen LogP contribution >= 0.6 is 0 Å². The van der Waals surface area contributed by atoms with Crippen LogP contribution in [0.5, 0.6) is 5.75 Å². The fourth-order valence-electron chi connectivity index (χ4n) is 4.27. The Bertz CT molecular complexity index is 882. The number of hydrogen-bond acceptors (Lipinski definition) is 6. The number of benzene rings is 1. The Balaban J connectivity index is 2.24. The zero-order valence-electron chi connectivity index (χ0n) is 18.9. The molecule has 4 atom stereocenters. The van der Waals surface area contributed by atoms with E-state index in [4.69, 9.17) is 9.47 Å². The number of carbonyl (C=O) groups is 3. The maximum atomic E-state index is 12.7. The third kappa shape index (κ3) is 6.29. The largest absolute Gasteiger partial charge is 0.507 e. The van der Waals surface area contributed by atoms with Crippen LogP contribution in [0.25, 0.3) is 0 Å². The van der Waals surface area contributed by atoms with Gasteiger partial charge < -0.3 is 14.6 Å². The van der Waals surface area contributed by atoms with Gasteiger partial charge in [-0.25, -0.2) is 14.4 Å². The first kappa shape index (κ1) is 24.4. The molecule has 6 nitrogen and oxygen atoms in total. The van der Waals surface area contributed by atoms with Crippen LogP contribution in [0.15, 0.2) is 48.1 Å². The lowest BCUT2D eigenvalue weighted by molar-refractivity contribution is -0.154. The van der Waals surface area contributed by atoms with Gasteiger partial charge in [-0.3, -0.25) is 0 Å². The third-order valence-electron chi connectivity index (χ3n) is 5.70. The highest BCUT2D eigenvalue weighted by atomic mass is 16.6. The fraction of sp³-hybridized carbons (Fsp3) is 0.480. The lowest BCUT2D eigenvalue weighted by atomic mass is 9.68. The summed E-state index contributed by atoms with van der Waals surface area (Å²) in [6.07, 6.45) is 2.99. The van der Waals surface area contributed by atoms with Gasteiger partial charge in [0, 0.05) is 17.1 Å². The Kier molecular flexibility index (Phi) is 8.20. The number of phenolic OH excluding ortho intramolecular Hbond substituents is 1. The summed E-state index contributed by atoms with van der Waals surface area (Å²) >= 11 is 0. The minimum atomic E-state index is -0.746. The fourth-order valence-corrected chi connectivity index (χ4v) is 4.27. The summed E-state index contributed by atoms with van der Waals surface area (Å²) in [4.78, 5) is 36.7. The Morgan fingerprint density at radius 3 is 2.35 bits per heavy atom. The van der Waals surface area contributed by atoms with E-state index in [-0.39, 0.29) is 46.7 Å². The van der Waals surface area contributed by atoms with Crippen molar-refractivity contribution in [2.45, 2.75) is 53.6 Å². The van der Waals surface area contributed by atoms with Crippen LogP contribution in [0, 0.1) is 23.7 Å². The summed E-state index contributed by atoms with van der Waals surface area (Å²) in [6.45, 7) is 12.8. The van der Waals surface area contributed by atoms with Crippen molar-refractivity contribution in [1.82, 2.24) is 0 Å². The topological polar surface area (TPSA) is 89.9 Å². The first-order chi connectivity index (χ1) is 14.5. The normalized spacial score (nSPS) is 23.9. The van der Waals surface area contributed by atoms with E-state index in [1.807, 2.05) is 6.08 Å². The average Bonchev–Trinajstić information content (AvgIpc) is 2.67. The predicted molar refractivity (Wildman–Crippen MR) is 117 cm³/mol. The minimum Gasteiger partial charge on any atom is -0.507 e. The third-order valence-corrected chi connectivity index (χ3v) is 5.70. The van der Waals surface area contributed by atoms with Crippen molar-refractivity contribution in [2.24, 2.45) is 23.7 Å². The van der Waals surface area contributed by atoms with E-state index in [1.165, 1.54) is 19.1 Å². The highest BCUT2D eigenvalue weighted by Gasteiger charge is 2.40. The zero-order chi connectivity index (χ0) is 23.3. The van der Waals surface area contributed by atoms with Crippen LogP contribution in [0.4, 0.5) is 0 Å². The minimum absolute atomic E-state index is 0.0226. The Morgan fingerprint density at radius 1 is 1.13 bits per heavy atom. The van der Waals surface area contributed by atoms with Crippen molar-refractivity contribution in [3.05, 3.63) is 53.6 Å². The molecule has 0 saturated heterocycles. The van der Waals surface area contributed by atoms with Gasteiger partial charge in [0.1, 0.15) is 17.4 Å². The van der Waals surface area contributed by atoms with E-state index in [2.05, 4.69) is 27.4 Å². The molecule has 1 fully saturated rings. The second kappa shape index (κ2) is 10.4. The number of ether oxygens (including phenoxy) is 2. The smallest absolute Gasteiger partial charge is 0.342 e. The van der Waals surface area contributed by atoms with Gasteiger partial charge in [0.05, 0.1) is 0 Å². The molecule has 0 aromatic heterocycles. The zero-order valence-corrected chi connectivity index (χ0v) is 18.9. The summed E-state index contributed by atoms with van der Waals surface area (Å²) in [6, 6.07) is 6.30. The standard InChI is InChI=1S/C25H32O6/c1-14(2)22-18(13-17(6)24(28)31-23(27)15(3)4)11-16(5)12-21(22)30-25(29)19-9-7-8-10-20(19)26/h7-10,13-14,16,18,21-22,26H,3,11-12H2,1-2,4-6H3/b17-13-. The molecule has 168 valence electrons. The predicted octanol–water partition coefficient (Wildman–Crippen LogP) is 4.83. The molecule has 4 unspecified atom stereocenters. The second-order valence-electron chi connectivity index (χ2n) is 8.83. The maximum Gasteiger partial charge on any atom is 0.342 e. The van der Waals surface area contributed by atoms with E-state index in [9.17, 15) is 19.5 Å². The number of carbonyl (C=O) groups excluding carboxylic acids is 3. The van der Waals surface area contributed by atoms with E-state index in [0.717, 1.165) is 6.42 Å². The number of phenols is 1. The number of allylic oxidation sites excluding steroid dienone is 1. The molecule has 0 bridgehead atoms. The monoisotopic (exact) mass is 428 g/mol. The Labute approximate surface area is 183 Å². The highest BCUT2D eigenvalue weighted by molar-refractivity contribution is 6.01. The molecule has 1 aromatic rings. The summed E-state index contributed by atoms with van der Waals surface area (Å²) in [5.41, 5.74) is 0.627. The van der Waals surface area contributed by atoms with Gasteiger partial charge in [-0.1, -0.05) is 45.6 Å². The summed E-state index contributed by atoms with van der Waals surface area (Å²) in [5, 5.41) is 9.99. The van der Waals surface area contributed by atoms with Crippen LogP contribution in [-0.2, 0) is 19.1 Å². The molecule has 0 spiro atoms. The molecule has 1 aromatic carbocycles. The molecule has 0 heterocycles. The number of para-hydroxylation sites is 1. The quantitative estimate of drug-likeness (QED) is 0.397. The number of hydrogen-bond donors (Lipinski definition) is 1. The van der Waals surface area contributed by atoms with Crippen molar-refractivity contribution >= 4 is 17.9 Å². The van der Waals surface area contributed by atoms with Crippen LogP contribution in [0.2, 0.25) is 0 Å². The molecule has 0 aliphatic heterocycles. The molecule has 0 amide bonds. The van der Waals surface area contributed by atoms with Crippen molar-refractivity contribution in [3.8, 4) is 5.75 Å². The summed E-state index contributed by atoms with van der Waals surface area (Å²) < 4.78 is 10.7. The average molecular weight is 429 g/mol. The molecule has 1 saturated carbocycles. The second-order valence-corrected chi connectivity index (χ2v) is 8.83. The van der Waals surface area contributed by atoms with Crippen molar-refractivity contribution < 1.29 is 29.0 Å². The van der Waals surface area contributed by atoms with Crippen LogP contribution in [0.3, 0.4) is 0 Å². The highest BCUT2D eigenvalue weighted by Crippen LogP contribution is 2.41. The van der Waals surface area contributed by atoms with Crippen LogP contribution in [-0.4, -0.2) is 29.1 Å². The Hall–Kier alpha value is -2.89. The van der Waals surface area contributed by atoms with Gasteiger partial charge in [0.25, 0.3) is 0 Å². The van der Waals surface area contributed by atoms with Crippen LogP contribution in [0.1, 0.15) is 57.8 Å². The maximum absolute atomic E-state index is 12.7. The van der Waals surface area contributed by atoms with Crippen molar-refractivity contribution in [2.75, 3.05) is 0 Å². The molecule has 31 heavy (non-hydrogen) atoms. The summed E-state index contributed by atoms with van der Waals surface area (Å²) in [5.74, 6) is -1.73. The van der Waals surface area contributed by atoms with E-state index < -0.39 is 17.9 Å². The van der Waals surface area contributed by atoms with Gasteiger partial charge in [0.15, 0.2) is 0 Å². The van der Waals surface area contributed by atoms with Gasteiger partial charge in [0.2, 0.25) is 0 Å². The van der Waals surface area contributed by atoms with Gasteiger partial charge in [-0.05, 0) is 56.6 Å². The van der Waals surface area contributed by atoms with E-state index in [1.54, 1.807) is 19.1 Å². The molecular formula is C25H32O6. The molecule has 0 radical (unpaired) electrons. The van der Waals surface area contributed by atoms with E-state index >= 15 is 0 Å². The molecule has 1 aliphatic carbocycles. The lowest BCUT2D eigenvalue weighted by Gasteiger charge is -2.41. The van der Waals surface area contributed by atoms with Gasteiger partial charge >= 0.3 is 17.9 Å². The molecule has 6 heteroatoms. The number of esters is 3. The number of rotatable bonds is 6. The molecule has 1 aliphatic rings. The van der Waals surface area contributed by atoms with Crippen LogP contribution < -0.4 is 0 Å². The van der Waals surface area contributed by atoms with Gasteiger partial charge in [-0.2, -0.15) is 0 Å². The van der Waals surface area contributed by atoms with E-state index in [0.29, 0.717) is 12.0 Å². The SMILES string of the molecule is C=C(C)C(=O)OC(=O)/C(C)=C\C1CC(C)CC(OC(=O)c2ccccc2O)C1C(C)C. The first-order valence-electron chi connectivity index (χ1n) is 10.6. The lowest BCUT2D eigenvalue weighted by Crippen LogP contribution is -2.41.